The minimum Gasteiger partial charge on any atom is -0.506 e. The molecule has 2 amide bonds. The summed E-state index contributed by atoms with van der Waals surface area (Å²) in [5, 5.41) is 15.4. The van der Waals surface area contributed by atoms with E-state index in [0.29, 0.717) is 5.69 Å². The average molecular weight is 278 g/mol. The number of nitrogens with one attached hydrogen (secondary N) is 2. The number of urea groups is 1. The number of aryl methyl sites for hydroxylation is 1. The van der Waals surface area contributed by atoms with Gasteiger partial charge in [0.05, 0.1) is 5.69 Å². The fourth-order valence-electron chi connectivity index (χ4n) is 2.58. The topological polar surface area (TPSA) is 61.4 Å². The summed E-state index contributed by atoms with van der Waals surface area (Å²) in [5.74, 6) is 0.0776. The molecule has 4 heteroatoms. The minimum atomic E-state index is -0.317. The first-order chi connectivity index (χ1) is 8.98. The van der Waals surface area contributed by atoms with Crippen LogP contribution >= 0.6 is 0 Å². The van der Waals surface area contributed by atoms with Gasteiger partial charge in [-0.3, -0.25) is 0 Å². The van der Waals surface area contributed by atoms with E-state index in [-0.39, 0.29) is 22.7 Å². The molecule has 0 saturated heterocycles. The smallest absolute Gasteiger partial charge is 0.319 e. The molecule has 0 bridgehead atoms. The zero-order chi connectivity index (χ0) is 15.6. The van der Waals surface area contributed by atoms with Gasteiger partial charge in [0, 0.05) is 5.54 Å². The highest BCUT2D eigenvalue weighted by atomic mass is 16.3. The third-order valence-corrected chi connectivity index (χ3v) is 2.83. The van der Waals surface area contributed by atoms with Crippen LogP contribution in [0.3, 0.4) is 0 Å². The van der Waals surface area contributed by atoms with E-state index in [9.17, 15) is 9.90 Å². The van der Waals surface area contributed by atoms with Gasteiger partial charge >= 0.3 is 6.03 Å². The van der Waals surface area contributed by atoms with Gasteiger partial charge in [-0.2, -0.15) is 0 Å². The SMILES string of the molecule is Cc1ccc(NC(=O)NC(C)(C)CC(C)(C)C)c(O)c1. The van der Waals surface area contributed by atoms with E-state index in [1.54, 1.807) is 12.1 Å². The zero-order valence-electron chi connectivity index (χ0n) is 13.3. The monoisotopic (exact) mass is 278 g/mol. The Morgan fingerprint density at radius 1 is 1.20 bits per heavy atom. The van der Waals surface area contributed by atoms with Crippen LogP contribution in [0.1, 0.15) is 46.6 Å². The quantitative estimate of drug-likeness (QED) is 0.731. The van der Waals surface area contributed by atoms with E-state index in [0.717, 1.165) is 12.0 Å². The summed E-state index contributed by atoms with van der Waals surface area (Å²) < 4.78 is 0. The lowest BCUT2D eigenvalue weighted by atomic mass is 9.82. The molecule has 0 heterocycles. The number of phenolic OH excluding ortho intramolecular Hbond substituents is 1. The number of anilines is 1. The number of carbonyl (C=O) groups is 1. The number of hydrogen-bond acceptors (Lipinski definition) is 2. The fraction of sp³-hybridized carbons (Fsp3) is 0.562. The van der Waals surface area contributed by atoms with Crippen molar-refractivity contribution in [3.63, 3.8) is 0 Å². The van der Waals surface area contributed by atoms with E-state index in [1.165, 1.54) is 0 Å². The third-order valence-electron chi connectivity index (χ3n) is 2.83. The summed E-state index contributed by atoms with van der Waals surface area (Å²) in [6, 6.07) is 4.85. The van der Waals surface area contributed by atoms with Gasteiger partial charge in [0.15, 0.2) is 0 Å². The van der Waals surface area contributed by atoms with Gasteiger partial charge < -0.3 is 15.7 Å². The predicted octanol–water partition coefficient (Wildman–Crippen LogP) is 4.04. The lowest BCUT2D eigenvalue weighted by Gasteiger charge is -2.33. The van der Waals surface area contributed by atoms with E-state index in [2.05, 4.69) is 31.4 Å². The lowest BCUT2D eigenvalue weighted by Crippen LogP contribution is -2.47. The number of rotatable bonds is 3. The number of hydrogen-bond donors (Lipinski definition) is 3. The van der Waals surface area contributed by atoms with Crippen LogP contribution in [0.5, 0.6) is 5.75 Å². The van der Waals surface area contributed by atoms with Gasteiger partial charge in [-0.15, -0.1) is 0 Å². The molecule has 0 fully saturated rings. The van der Waals surface area contributed by atoms with Gasteiger partial charge in [0.2, 0.25) is 0 Å². The molecule has 20 heavy (non-hydrogen) atoms. The maximum absolute atomic E-state index is 12.0. The Morgan fingerprint density at radius 3 is 2.30 bits per heavy atom. The molecule has 0 aliphatic rings. The van der Waals surface area contributed by atoms with E-state index in [4.69, 9.17) is 0 Å². The largest absolute Gasteiger partial charge is 0.506 e. The zero-order valence-corrected chi connectivity index (χ0v) is 13.3. The van der Waals surface area contributed by atoms with Crippen LogP contribution in [-0.2, 0) is 0 Å². The highest BCUT2D eigenvalue weighted by Gasteiger charge is 2.27. The van der Waals surface area contributed by atoms with Crippen molar-refractivity contribution in [1.29, 1.82) is 0 Å². The van der Waals surface area contributed by atoms with Crippen molar-refractivity contribution in [2.45, 2.75) is 53.5 Å². The first-order valence-corrected chi connectivity index (χ1v) is 6.87. The van der Waals surface area contributed by atoms with Crippen LogP contribution in [0, 0.1) is 12.3 Å². The molecule has 0 aromatic heterocycles. The van der Waals surface area contributed by atoms with Crippen molar-refractivity contribution in [3.8, 4) is 5.75 Å². The van der Waals surface area contributed by atoms with Crippen molar-refractivity contribution in [3.05, 3.63) is 23.8 Å². The first kappa shape index (κ1) is 16.3. The fourth-order valence-corrected chi connectivity index (χ4v) is 2.58. The second-order valence-electron chi connectivity index (χ2n) is 7.22. The molecule has 1 aromatic rings. The Kier molecular flexibility index (Phi) is 4.69. The van der Waals surface area contributed by atoms with Gasteiger partial charge in [-0.1, -0.05) is 26.8 Å². The molecule has 0 saturated carbocycles. The maximum Gasteiger partial charge on any atom is 0.319 e. The molecular weight excluding hydrogens is 252 g/mol. The van der Waals surface area contributed by atoms with E-state index >= 15 is 0 Å². The summed E-state index contributed by atoms with van der Waals surface area (Å²) in [7, 11) is 0. The second kappa shape index (κ2) is 5.73. The summed E-state index contributed by atoms with van der Waals surface area (Å²) in [6.45, 7) is 12.3. The van der Waals surface area contributed by atoms with Gasteiger partial charge in [-0.05, 0) is 50.3 Å². The van der Waals surface area contributed by atoms with Crippen LogP contribution in [0.25, 0.3) is 0 Å². The molecule has 3 N–H and O–H groups in total. The molecule has 0 atom stereocenters. The molecule has 0 aliphatic heterocycles. The molecule has 1 aromatic carbocycles. The number of carbonyl (C=O) groups excluding carboxylic acids is 1. The molecule has 0 radical (unpaired) electrons. The molecule has 0 aliphatic carbocycles. The lowest BCUT2D eigenvalue weighted by molar-refractivity contribution is 0.220. The van der Waals surface area contributed by atoms with Crippen molar-refractivity contribution >= 4 is 11.7 Å². The molecule has 0 spiro atoms. The summed E-state index contributed by atoms with van der Waals surface area (Å²) in [6.07, 6.45) is 0.854. The Balaban J connectivity index is 2.68. The molecule has 112 valence electrons. The highest BCUT2D eigenvalue weighted by molar-refractivity contribution is 5.91. The van der Waals surface area contributed by atoms with Crippen LogP contribution in [0.4, 0.5) is 10.5 Å². The molecule has 1 rings (SSSR count). The number of amides is 2. The summed E-state index contributed by atoms with van der Waals surface area (Å²) in [5.41, 5.74) is 1.17. The Hall–Kier alpha value is -1.71. The van der Waals surface area contributed by atoms with E-state index < -0.39 is 0 Å². The van der Waals surface area contributed by atoms with Crippen molar-refractivity contribution in [1.82, 2.24) is 5.32 Å². The summed E-state index contributed by atoms with van der Waals surface area (Å²) >= 11 is 0. The van der Waals surface area contributed by atoms with Crippen LogP contribution in [0.15, 0.2) is 18.2 Å². The van der Waals surface area contributed by atoms with Crippen molar-refractivity contribution < 1.29 is 9.90 Å². The van der Waals surface area contributed by atoms with Crippen LogP contribution in [-0.4, -0.2) is 16.7 Å². The van der Waals surface area contributed by atoms with Gasteiger partial charge in [-0.25, -0.2) is 4.79 Å². The van der Waals surface area contributed by atoms with Crippen LogP contribution < -0.4 is 10.6 Å². The van der Waals surface area contributed by atoms with Gasteiger partial charge in [0.25, 0.3) is 0 Å². The van der Waals surface area contributed by atoms with Crippen LogP contribution in [0.2, 0.25) is 0 Å². The maximum atomic E-state index is 12.0. The predicted molar refractivity (Wildman–Crippen MR) is 83.1 cm³/mol. The molecular formula is C16H26N2O2. The number of aromatic hydroxyl groups is 1. The van der Waals surface area contributed by atoms with Crippen molar-refractivity contribution in [2.75, 3.05) is 5.32 Å². The first-order valence-electron chi connectivity index (χ1n) is 6.87. The van der Waals surface area contributed by atoms with Gasteiger partial charge in [0.1, 0.15) is 5.75 Å². The molecule has 4 nitrogen and oxygen atoms in total. The minimum absolute atomic E-state index is 0.0776. The van der Waals surface area contributed by atoms with Crippen molar-refractivity contribution in [2.24, 2.45) is 5.41 Å². The molecule has 0 unspecified atom stereocenters. The standard InChI is InChI=1S/C16H26N2O2/c1-11-7-8-12(13(19)9-11)17-14(20)18-16(5,6)10-15(2,3)4/h7-9,19H,10H2,1-6H3,(H2,17,18,20). The Morgan fingerprint density at radius 2 is 1.80 bits per heavy atom. The highest BCUT2D eigenvalue weighted by Crippen LogP contribution is 2.27. The summed E-state index contributed by atoms with van der Waals surface area (Å²) in [4.78, 5) is 12.0. The second-order valence-corrected chi connectivity index (χ2v) is 7.22. The number of phenols is 1. The normalized spacial score (nSPS) is 12.1. The van der Waals surface area contributed by atoms with E-state index in [1.807, 2.05) is 26.8 Å². The number of benzene rings is 1. The Labute approximate surface area is 121 Å². The average Bonchev–Trinajstić information content (AvgIpc) is 2.17. The Bertz CT molecular complexity index is 488. The third kappa shape index (κ3) is 5.51.